The lowest BCUT2D eigenvalue weighted by atomic mass is 10.2. The van der Waals surface area contributed by atoms with E-state index in [9.17, 15) is 22.0 Å². The fourth-order valence-corrected chi connectivity index (χ4v) is 3.23. The van der Waals surface area contributed by atoms with E-state index in [1.165, 1.54) is 6.07 Å². The maximum Gasteiger partial charge on any atom is 0.245 e. The maximum atomic E-state index is 13.6. The Morgan fingerprint density at radius 2 is 1.92 bits per heavy atom. The van der Waals surface area contributed by atoms with Gasteiger partial charge in [0.1, 0.15) is 18.2 Å². The van der Waals surface area contributed by atoms with Crippen molar-refractivity contribution in [3.8, 4) is 0 Å². The number of benzene rings is 2. The van der Waals surface area contributed by atoms with Crippen LogP contribution in [0.4, 0.5) is 20.2 Å². The molecule has 2 aromatic rings. The van der Waals surface area contributed by atoms with Gasteiger partial charge in [-0.25, -0.2) is 17.2 Å². The van der Waals surface area contributed by atoms with Gasteiger partial charge in [0.2, 0.25) is 15.9 Å². The summed E-state index contributed by atoms with van der Waals surface area (Å²) in [5.74, 6) is -2.53. The summed E-state index contributed by atoms with van der Waals surface area (Å²) in [5.41, 5.74) is 0.475. The van der Waals surface area contributed by atoms with Crippen LogP contribution in [0, 0.1) is 18.6 Å². The van der Waals surface area contributed by atoms with Crippen LogP contribution in [0.15, 0.2) is 36.4 Å². The summed E-state index contributed by atoms with van der Waals surface area (Å²) in [7, 11) is -3.80. The smallest absolute Gasteiger partial charge is 0.245 e. The van der Waals surface area contributed by atoms with Crippen molar-refractivity contribution < 1.29 is 22.0 Å². The Bertz CT molecular complexity index is 920. The Hall–Kier alpha value is -2.19. The maximum absolute atomic E-state index is 13.6. The van der Waals surface area contributed by atoms with Crippen molar-refractivity contribution >= 4 is 38.9 Å². The van der Waals surface area contributed by atoms with Crippen LogP contribution in [0.1, 0.15) is 5.56 Å². The molecule has 0 aromatic heterocycles. The van der Waals surface area contributed by atoms with E-state index < -0.39 is 34.1 Å². The number of anilines is 2. The molecule has 1 N–H and O–H groups in total. The lowest BCUT2D eigenvalue weighted by Crippen LogP contribution is -2.38. The number of rotatable bonds is 5. The average Bonchev–Trinajstić information content (AvgIpc) is 2.50. The van der Waals surface area contributed by atoms with Gasteiger partial charge in [0.15, 0.2) is 0 Å². The first-order chi connectivity index (χ1) is 11.6. The van der Waals surface area contributed by atoms with Crippen LogP contribution in [0.3, 0.4) is 0 Å². The summed E-state index contributed by atoms with van der Waals surface area (Å²) in [4.78, 5) is 12.2. The minimum Gasteiger partial charge on any atom is -0.322 e. The average molecular weight is 389 g/mol. The molecule has 0 aliphatic heterocycles. The SMILES string of the molecule is Cc1c(Cl)cccc1N(CC(=O)Nc1ccc(F)cc1F)S(C)(=O)=O. The molecule has 2 aromatic carbocycles. The summed E-state index contributed by atoms with van der Waals surface area (Å²) < 4.78 is 51.5. The van der Waals surface area contributed by atoms with Crippen LogP contribution in [0.2, 0.25) is 5.02 Å². The molecule has 5 nitrogen and oxygen atoms in total. The van der Waals surface area contributed by atoms with Gasteiger partial charge in [-0.3, -0.25) is 9.10 Å². The van der Waals surface area contributed by atoms with Crippen LogP contribution in [-0.4, -0.2) is 27.1 Å². The van der Waals surface area contributed by atoms with E-state index in [2.05, 4.69) is 5.32 Å². The number of amides is 1. The molecule has 0 atom stereocenters. The number of sulfonamides is 1. The summed E-state index contributed by atoms with van der Waals surface area (Å²) >= 11 is 6.00. The standard InChI is InChI=1S/C16H15ClF2N2O3S/c1-10-12(17)4-3-5-15(10)21(25(2,23)24)9-16(22)20-14-7-6-11(18)8-13(14)19/h3-8H,9H2,1-2H3,(H,20,22). The molecule has 0 aliphatic carbocycles. The predicted molar refractivity (Wildman–Crippen MR) is 93.4 cm³/mol. The van der Waals surface area contributed by atoms with Crippen molar-refractivity contribution in [2.75, 3.05) is 22.4 Å². The third-order valence-corrected chi connectivity index (χ3v) is 4.94. The molecule has 0 saturated carbocycles. The van der Waals surface area contributed by atoms with Crippen molar-refractivity contribution in [3.05, 3.63) is 58.6 Å². The first kappa shape index (κ1) is 19.1. The van der Waals surface area contributed by atoms with Gasteiger partial charge in [-0.15, -0.1) is 0 Å². The minimum absolute atomic E-state index is 0.240. The van der Waals surface area contributed by atoms with Gasteiger partial charge in [0, 0.05) is 11.1 Å². The van der Waals surface area contributed by atoms with E-state index in [1.807, 2.05) is 0 Å². The van der Waals surface area contributed by atoms with E-state index in [0.29, 0.717) is 16.7 Å². The monoisotopic (exact) mass is 388 g/mol. The van der Waals surface area contributed by atoms with Gasteiger partial charge in [-0.1, -0.05) is 17.7 Å². The third kappa shape index (κ3) is 4.67. The largest absolute Gasteiger partial charge is 0.322 e. The Morgan fingerprint density at radius 1 is 1.24 bits per heavy atom. The zero-order chi connectivity index (χ0) is 18.8. The van der Waals surface area contributed by atoms with Gasteiger partial charge in [0.25, 0.3) is 0 Å². The molecule has 0 saturated heterocycles. The molecule has 1 amide bonds. The molecule has 2 rings (SSSR count). The molecule has 0 unspecified atom stereocenters. The molecule has 0 radical (unpaired) electrons. The minimum atomic E-state index is -3.80. The second-order valence-electron chi connectivity index (χ2n) is 5.33. The number of carbonyl (C=O) groups is 1. The van der Waals surface area contributed by atoms with Gasteiger partial charge < -0.3 is 5.32 Å². The number of hydrogen-bond donors (Lipinski definition) is 1. The first-order valence-corrected chi connectivity index (χ1v) is 9.30. The number of hydrogen-bond acceptors (Lipinski definition) is 3. The van der Waals surface area contributed by atoms with Gasteiger partial charge >= 0.3 is 0 Å². The Balaban J connectivity index is 2.29. The quantitative estimate of drug-likeness (QED) is 0.854. The van der Waals surface area contributed by atoms with Crippen LogP contribution >= 0.6 is 11.6 Å². The molecule has 0 bridgehead atoms. The molecular formula is C16H15ClF2N2O3S. The van der Waals surface area contributed by atoms with Gasteiger partial charge in [-0.2, -0.15) is 0 Å². The van der Waals surface area contributed by atoms with Crippen molar-refractivity contribution in [2.45, 2.75) is 6.92 Å². The Kier molecular flexibility index (Phi) is 5.64. The molecule has 25 heavy (non-hydrogen) atoms. The number of carbonyl (C=O) groups excluding carboxylic acids is 1. The van der Waals surface area contributed by atoms with E-state index in [-0.39, 0.29) is 11.4 Å². The lowest BCUT2D eigenvalue weighted by Gasteiger charge is -2.24. The van der Waals surface area contributed by atoms with E-state index in [1.54, 1.807) is 19.1 Å². The lowest BCUT2D eigenvalue weighted by molar-refractivity contribution is -0.114. The zero-order valence-electron chi connectivity index (χ0n) is 13.4. The fraction of sp³-hybridized carbons (Fsp3) is 0.188. The zero-order valence-corrected chi connectivity index (χ0v) is 15.0. The van der Waals surface area contributed by atoms with Gasteiger partial charge in [-0.05, 0) is 36.8 Å². The highest BCUT2D eigenvalue weighted by Gasteiger charge is 2.23. The van der Waals surface area contributed by atoms with E-state index in [0.717, 1.165) is 22.7 Å². The van der Waals surface area contributed by atoms with Gasteiger partial charge in [0.05, 0.1) is 17.6 Å². The van der Waals surface area contributed by atoms with Crippen molar-refractivity contribution in [1.82, 2.24) is 0 Å². The van der Waals surface area contributed by atoms with Crippen molar-refractivity contribution in [1.29, 1.82) is 0 Å². The molecule has 0 spiro atoms. The number of nitrogens with one attached hydrogen (secondary N) is 1. The van der Waals surface area contributed by atoms with E-state index >= 15 is 0 Å². The normalized spacial score (nSPS) is 11.2. The second-order valence-corrected chi connectivity index (χ2v) is 7.64. The molecule has 9 heteroatoms. The van der Waals surface area contributed by atoms with E-state index in [4.69, 9.17) is 11.6 Å². The second kappa shape index (κ2) is 7.37. The summed E-state index contributed by atoms with van der Waals surface area (Å²) in [6, 6.07) is 7.31. The Labute approximate surface area is 149 Å². The van der Waals surface area contributed by atoms with Crippen LogP contribution in [-0.2, 0) is 14.8 Å². The van der Waals surface area contributed by atoms with Crippen molar-refractivity contribution in [2.24, 2.45) is 0 Å². The highest BCUT2D eigenvalue weighted by Crippen LogP contribution is 2.28. The number of nitrogens with zero attached hydrogens (tertiary/aromatic N) is 1. The summed E-state index contributed by atoms with van der Waals surface area (Å²) in [5, 5.41) is 2.57. The topological polar surface area (TPSA) is 66.5 Å². The van der Waals surface area contributed by atoms with Crippen molar-refractivity contribution in [3.63, 3.8) is 0 Å². The summed E-state index contributed by atoms with van der Waals surface area (Å²) in [6.45, 7) is 1.03. The van der Waals surface area contributed by atoms with Crippen LogP contribution in [0.25, 0.3) is 0 Å². The highest BCUT2D eigenvalue weighted by molar-refractivity contribution is 7.92. The third-order valence-electron chi connectivity index (χ3n) is 3.40. The summed E-state index contributed by atoms with van der Waals surface area (Å²) in [6.07, 6.45) is 0.944. The number of halogens is 3. The fourth-order valence-electron chi connectivity index (χ4n) is 2.16. The molecule has 0 aliphatic rings. The van der Waals surface area contributed by atoms with Crippen LogP contribution < -0.4 is 9.62 Å². The predicted octanol–water partition coefficient (Wildman–Crippen LogP) is 3.33. The highest BCUT2D eigenvalue weighted by atomic mass is 35.5. The molecule has 0 fully saturated rings. The Morgan fingerprint density at radius 3 is 2.52 bits per heavy atom. The molecule has 134 valence electrons. The molecular weight excluding hydrogens is 374 g/mol. The van der Waals surface area contributed by atoms with Crippen LogP contribution in [0.5, 0.6) is 0 Å². The molecule has 0 heterocycles. The first-order valence-electron chi connectivity index (χ1n) is 7.07.